The van der Waals surface area contributed by atoms with Crippen molar-refractivity contribution in [2.75, 3.05) is 32.2 Å². The summed E-state index contributed by atoms with van der Waals surface area (Å²) in [5.74, 6) is 0.317. The number of nitrogens with two attached hydrogens (primary N) is 1. The summed E-state index contributed by atoms with van der Waals surface area (Å²) in [7, 11) is 0. The third-order valence-corrected chi connectivity index (χ3v) is 2.38. The first kappa shape index (κ1) is 15.3. The first-order valence-corrected chi connectivity index (χ1v) is 6.44. The summed E-state index contributed by atoms with van der Waals surface area (Å²) in [6.07, 6.45) is 0.926. The van der Waals surface area contributed by atoms with Gasteiger partial charge in [0.05, 0.1) is 25.3 Å². The van der Waals surface area contributed by atoms with Crippen LogP contribution >= 0.6 is 0 Å². The molecule has 1 rings (SSSR count). The Hall–Kier alpha value is -1.75. The lowest BCUT2D eigenvalue weighted by Gasteiger charge is -2.08. The van der Waals surface area contributed by atoms with Crippen molar-refractivity contribution in [3.8, 4) is 5.75 Å². The standard InChI is InChI=1S/C14H21NO4/c1-2-17-9-5-10-19-14(16)8-11-18-13-7-4-3-6-12(13)15/h3-4,6-7H,2,5,8-11,15H2,1H3. The van der Waals surface area contributed by atoms with Gasteiger partial charge in [-0.3, -0.25) is 4.79 Å². The van der Waals surface area contributed by atoms with Gasteiger partial charge in [0.1, 0.15) is 5.75 Å². The van der Waals surface area contributed by atoms with E-state index in [-0.39, 0.29) is 19.0 Å². The number of para-hydroxylation sites is 2. The van der Waals surface area contributed by atoms with Gasteiger partial charge in [0.15, 0.2) is 0 Å². The molecule has 0 atom stereocenters. The summed E-state index contributed by atoms with van der Waals surface area (Å²) in [6.45, 7) is 3.87. The van der Waals surface area contributed by atoms with E-state index in [2.05, 4.69) is 0 Å². The summed E-state index contributed by atoms with van der Waals surface area (Å²) in [4.78, 5) is 11.4. The fourth-order valence-corrected chi connectivity index (χ4v) is 1.42. The minimum Gasteiger partial charge on any atom is -0.491 e. The van der Waals surface area contributed by atoms with Gasteiger partial charge >= 0.3 is 5.97 Å². The number of esters is 1. The molecule has 0 saturated carbocycles. The molecule has 0 amide bonds. The summed E-state index contributed by atoms with van der Waals surface area (Å²) >= 11 is 0. The number of hydrogen-bond donors (Lipinski definition) is 1. The Morgan fingerprint density at radius 3 is 2.74 bits per heavy atom. The van der Waals surface area contributed by atoms with Crippen molar-refractivity contribution in [2.45, 2.75) is 19.8 Å². The summed E-state index contributed by atoms with van der Waals surface area (Å²) in [6, 6.07) is 7.18. The summed E-state index contributed by atoms with van der Waals surface area (Å²) in [5.41, 5.74) is 6.27. The second-order valence-electron chi connectivity index (χ2n) is 3.91. The number of carbonyl (C=O) groups excluding carboxylic acids is 1. The van der Waals surface area contributed by atoms with E-state index in [1.807, 2.05) is 19.1 Å². The van der Waals surface area contributed by atoms with Crippen LogP contribution in [0.15, 0.2) is 24.3 Å². The number of hydrogen-bond acceptors (Lipinski definition) is 5. The zero-order valence-corrected chi connectivity index (χ0v) is 11.3. The molecule has 0 heterocycles. The van der Waals surface area contributed by atoms with Gasteiger partial charge in [-0.05, 0) is 19.1 Å². The number of ether oxygens (including phenoxy) is 3. The fourth-order valence-electron chi connectivity index (χ4n) is 1.42. The molecule has 0 aliphatic rings. The van der Waals surface area contributed by atoms with Crippen LogP contribution < -0.4 is 10.5 Å². The van der Waals surface area contributed by atoms with E-state index in [0.29, 0.717) is 37.7 Å². The Labute approximate surface area is 113 Å². The van der Waals surface area contributed by atoms with Gasteiger partial charge in [-0.2, -0.15) is 0 Å². The lowest BCUT2D eigenvalue weighted by atomic mass is 10.3. The zero-order valence-electron chi connectivity index (χ0n) is 11.3. The van der Waals surface area contributed by atoms with E-state index in [1.54, 1.807) is 12.1 Å². The predicted octanol–water partition coefficient (Wildman–Crippen LogP) is 2.01. The Morgan fingerprint density at radius 2 is 2.00 bits per heavy atom. The SMILES string of the molecule is CCOCCCOC(=O)CCOc1ccccc1N. The molecular weight excluding hydrogens is 246 g/mol. The highest BCUT2D eigenvalue weighted by Crippen LogP contribution is 2.19. The van der Waals surface area contributed by atoms with Crippen molar-refractivity contribution < 1.29 is 19.0 Å². The third-order valence-electron chi connectivity index (χ3n) is 2.38. The van der Waals surface area contributed by atoms with Crippen molar-refractivity contribution in [2.24, 2.45) is 0 Å². The van der Waals surface area contributed by atoms with E-state index in [0.717, 1.165) is 0 Å². The van der Waals surface area contributed by atoms with Crippen molar-refractivity contribution in [1.82, 2.24) is 0 Å². The molecule has 1 aromatic rings. The van der Waals surface area contributed by atoms with Gasteiger partial charge in [-0.25, -0.2) is 0 Å². The monoisotopic (exact) mass is 267 g/mol. The van der Waals surface area contributed by atoms with Crippen molar-refractivity contribution in [3.63, 3.8) is 0 Å². The number of nitrogen functional groups attached to an aromatic ring is 1. The number of benzene rings is 1. The first-order valence-electron chi connectivity index (χ1n) is 6.44. The molecule has 0 aliphatic heterocycles. The van der Waals surface area contributed by atoms with E-state index < -0.39 is 0 Å². The highest BCUT2D eigenvalue weighted by Gasteiger charge is 2.04. The Bertz CT molecular complexity index is 381. The average molecular weight is 267 g/mol. The van der Waals surface area contributed by atoms with Crippen LogP contribution in [0, 0.1) is 0 Å². The molecule has 0 unspecified atom stereocenters. The van der Waals surface area contributed by atoms with Gasteiger partial charge in [0, 0.05) is 19.6 Å². The maximum Gasteiger partial charge on any atom is 0.309 e. The smallest absolute Gasteiger partial charge is 0.309 e. The van der Waals surface area contributed by atoms with Gasteiger partial charge in [0.25, 0.3) is 0 Å². The third kappa shape index (κ3) is 6.67. The first-order chi connectivity index (χ1) is 9.24. The molecule has 5 nitrogen and oxygen atoms in total. The second-order valence-corrected chi connectivity index (χ2v) is 3.91. The van der Waals surface area contributed by atoms with Gasteiger partial charge in [-0.15, -0.1) is 0 Å². The van der Waals surface area contributed by atoms with Crippen LogP contribution in [0.4, 0.5) is 5.69 Å². The molecule has 0 bridgehead atoms. The Kier molecular flexibility index (Phi) is 7.43. The van der Waals surface area contributed by atoms with Crippen LogP contribution in [0.1, 0.15) is 19.8 Å². The second kappa shape index (κ2) is 9.22. The summed E-state index contributed by atoms with van der Waals surface area (Å²) in [5, 5.41) is 0. The average Bonchev–Trinajstić information content (AvgIpc) is 2.41. The van der Waals surface area contributed by atoms with Gasteiger partial charge in [-0.1, -0.05) is 12.1 Å². The normalized spacial score (nSPS) is 10.2. The zero-order chi connectivity index (χ0) is 13.9. The molecule has 1 aromatic carbocycles. The molecule has 19 heavy (non-hydrogen) atoms. The van der Waals surface area contributed by atoms with Crippen LogP contribution in [0.2, 0.25) is 0 Å². The maximum atomic E-state index is 11.4. The Morgan fingerprint density at radius 1 is 1.21 bits per heavy atom. The number of rotatable bonds is 9. The maximum absolute atomic E-state index is 11.4. The van der Waals surface area contributed by atoms with Gasteiger partial charge in [0.2, 0.25) is 0 Å². The molecule has 0 fully saturated rings. The van der Waals surface area contributed by atoms with Crippen LogP contribution in [0.3, 0.4) is 0 Å². The molecule has 0 saturated heterocycles. The summed E-state index contributed by atoms with van der Waals surface area (Å²) < 4.78 is 15.6. The predicted molar refractivity (Wildman–Crippen MR) is 73.0 cm³/mol. The highest BCUT2D eigenvalue weighted by molar-refractivity contribution is 5.69. The van der Waals surface area contributed by atoms with Crippen LogP contribution in [-0.2, 0) is 14.3 Å². The molecule has 0 radical (unpaired) electrons. The minimum absolute atomic E-state index is 0.211. The van der Waals surface area contributed by atoms with Gasteiger partial charge < -0.3 is 19.9 Å². The molecular formula is C14H21NO4. The van der Waals surface area contributed by atoms with Crippen molar-refractivity contribution in [1.29, 1.82) is 0 Å². The van der Waals surface area contributed by atoms with E-state index in [1.165, 1.54) is 0 Å². The van der Waals surface area contributed by atoms with E-state index in [4.69, 9.17) is 19.9 Å². The van der Waals surface area contributed by atoms with Crippen LogP contribution in [0.25, 0.3) is 0 Å². The lowest BCUT2D eigenvalue weighted by Crippen LogP contribution is -2.12. The van der Waals surface area contributed by atoms with Crippen molar-refractivity contribution >= 4 is 11.7 Å². The lowest BCUT2D eigenvalue weighted by molar-refractivity contribution is -0.144. The molecule has 5 heteroatoms. The quantitative estimate of drug-likeness (QED) is 0.421. The number of anilines is 1. The largest absolute Gasteiger partial charge is 0.491 e. The minimum atomic E-state index is -0.272. The fraction of sp³-hybridized carbons (Fsp3) is 0.500. The van der Waals surface area contributed by atoms with Crippen LogP contribution in [-0.4, -0.2) is 32.4 Å². The molecule has 0 aromatic heterocycles. The molecule has 0 spiro atoms. The topological polar surface area (TPSA) is 70.8 Å². The van der Waals surface area contributed by atoms with Crippen molar-refractivity contribution in [3.05, 3.63) is 24.3 Å². The van der Waals surface area contributed by atoms with Crippen LogP contribution in [0.5, 0.6) is 5.75 Å². The van der Waals surface area contributed by atoms with E-state index in [9.17, 15) is 4.79 Å². The molecule has 106 valence electrons. The van der Waals surface area contributed by atoms with E-state index >= 15 is 0 Å². The highest BCUT2D eigenvalue weighted by atomic mass is 16.5. The number of carbonyl (C=O) groups is 1. The molecule has 2 N–H and O–H groups in total. The molecule has 0 aliphatic carbocycles. The Balaban J connectivity index is 2.09.